The van der Waals surface area contributed by atoms with Gasteiger partial charge in [-0.15, -0.1) is 0 Å². The summed E-state index contributed by atoms with van der Waals surface area (Å²) in [5, 5.41) is 0. The largest absolute Gasteiger partial charge is 0.493 e. The van der Waals surface area contributed by atoms with E-state index in [0.717, 1.165) is 27.8 Å². The summed E-state index contributed by atoms with van der Waals surface area (Å²) in [5.41, 5.74) is 0.883. The van der Waals surface area contributed by atoms with Gasteiger partial charge in [-0.3, -0.25) is 9.10 Å². The molecule has 0 bridgehead atoms. The minimum atomic E-state index is -4.46. The smallest absolute Gasteiger partial charge is 0.416 e. The van der Waals surface area contributed by atoms with Crippen LogP contribution in [0.3, 0.4) is 0 Å². The van der Waals surface area contributed by atoms with E-state index in [1.54, 1.807) is 24.3 Å². The van der Waals surface area contributed by atoms with Crippen LogP contribution in [0.25, 0.3) is 11.0 Å². The van der Waals surface area contributed by atoms with E-state index in [-0.39, 0.29) is 28.9 Å². The van der Waals surface area contributed by atoms with Crippen molar-refractivity contribution >= 4 is 55.3 Å². The van der Waals surface area contributed by atoms with Crippen molar-refractivity contribution in [3.63, 3.8) is 0 Å². The number of imidazole rings is 1. The van der Waals surface area contributed by atoms with Crippen LogP contribution in [0.2, 0.25) is 0 Å². The molecule has 0 N–H and O–H groups in total. The molecule has 1 aromatic heterocycles. The fourth-order valence-electron chi connectivity index (χ4n) is 5.75. The number of fused-ring (bicyclic) bond motifs is 1. The van der Waals surface area contributed by atoms with Crippen LogP contribution in [-0.2, 0) is 32.8 Å². The fourth-order valence-corrected chi connectivity index (χ4v) is 8.15. The molecule has 9 nitrogen and oxygen atoms in total. The van der Waals surface area contributed by atoms with Gasteiger partial charge < -0.3 is 18.8 Å². The van der Waals surface area contributed by atoms with Crippen molar-refractivity contribution in [2.24, 2.45) is 18.9 Å². The second-order valence-corrected chi connectivity index (χ2v) is 15.5. The van der Waals surface area contributed by atoms with Crippen molar-refractivity contribution in [3.05, 3.63) is 78.1 Å². The number of rotatable bonds is 10. The molecule has 1 fully saturated rings. The maximum absolute atomic E-state index is 13.6. The maximum atomic E-state index is 13.6. The van der Waals surface area contributed by atoms with Gasteiger partial charge in [0.2, 0.25) is 0 Å². The van der Waals surface area contributed by atoms with E-state index < -0.39 is 37.3 Å². The molecule has 14 heteroatoms. The summed E-state index contributed by atoms with van der Waals surface area (Å²) in [7, 11) is -0.693. The number of carbonyl (C=O) groups excluding carboxylic acids is 1. The average Bonchev–Trinajstić information content (AvgIpc) is 3.31. The van der Waals surface area contributed by atoms with Crippen LogP contribution in [0, 0.1) is 18.8 Å². The fraction of sp³-hybridized carbons (Fsp3) is 0.394. The molecule has 3 aromatic carbocycles. The summed E-state index contributed by atoms with van der Waals surface area (Å²) in [5.74, 6) is -0.292. The third-order valence-electron chi connectivity index (χ3n) is 8.45. The zero-order chi connectivity index (χ0) is 34.1. The van der Waals surface area contributed by atoms with Gasteiger partial charge in [-0.05, 0) is 110 Å². The van der Waals surface area contributed by atoms with Crippen LogP contribution < -0.4 is 13.8 Å². The molecule has 0 spiro atoms. The number of halogens is 4. The highest BCUT2D eigenvalue weighted by Crippen LogP contribution is 2.44. The van der Waals surface area contributed by atoms with E-state index in [2.05, 4.69) is 27.6 Å². The Bertz CT molecular complexity index is 1870. The summed E-state index contributed by atoms with van der Waals surface area (Å²) in [6.45, 7) is 4.26. The number of aryl methyl sites for hydroxylation is 2. The molecule has 252 valence electrons. The SMILES string of the molecule is CCO[C@]1(I)CC[C@H](C(=O)Oc2cccc(N(C)S(=O)(=O)c3ccc4c(c3)nc(C)n4C)c2)[C@@H](COc2ccc(C(F)(F)F)cc2)C1. The van der Waals surface area contributed by atoms with Gasteiger partial charge >= 0.3 is 12.1 Å². The number of sulfonamides is 1. The monoisotopic (exact) mass is 785 g/mol. The van der Waals surface area contributed by atoms with E-state index >= 15 is 0 Å². The second kappa shape index (κ2) is 13.6. The molecule has 1 heterocycles. The number of alkyl halides is 4. The first-order valence-electron chi connectivity index (χ1n) is 15.0. The van der Waals surface area contributed by atoms with E-state index in [1.807, 2.05) is 25.5 Å². The number of carbonyl (C=O) groups is 1. The summed E-state index contributed by atoms with van der Waals surface area (Å²) in [6, 6.07) is 15.5. The quantitative estimate of drug-likeness (QED) is 0.0721. The van der Waals surface area contributed by atoms with Crippen molar-refractivity contribution in [1.82, 2.24) is 9.55 Å². The van der Waals surface area contributed by atoms with Crippen LogP contribution in [0.5, 0.6) is 11.5 Å². The van der Waals surface area contributed by atoms with E-state index in [9.17, 15) is 26.4 Å². The molecule has 0 radical (unpaired) electrons. The summed E-state index contributed by atoms with van der Waals surface area (Å²) >= 11 is 2.24. The molecule has 0 unspecified atom stereocenters. The molecule has 4 aromatic rings. The first-order valence-corrected chi connectivity index (χ1v) is 17.5. The van der Waals surface area contributed by atoms with Crippen molar-refractivity contribution in [1.29, 1.82) is 0 Å². The molecule has 1 aliphatic rings. The number of esters is 1. The lowest BCUT2D eigenvalue weighted by Gasteiger charge is -2.40. The van der Waals surface area contributed by atoms with E-state index in [1.165, 1.54) is 37.4 Å². The zero-order valence-electron chi connectivity index (χ0n) is 26.3. The molecule has 47 heavy (non-hydrogen) atoms. The predicted octanol–water partition coefficient (Wildman–Crippen LogP) is 7.29. The van der Waals surface area contributed by atoms with Gasteiger partial charge in [0, 0.05) is 32.7 Å². The number of aromatic nitrogens is 2. The molecule has 3 atom stereocenters. The number of benzene rings is 3. The topological polar surface area (TPSA) is 100.0 Å². The molecule has 1 saturated carbocycles. The lowest BCUT2D eigenvalue weighted by Crippen LogP contribution is -2.43. The van der Waals surface area contributed by atoms with Gasteiger partial charge in [0.1, 0.15) is 20.9 Å². The van der Waals surface area contributed by atoms with Crippen LogP contribution in [0.4, 0.5) is 18.9 Å². The minimum absolute atomic E-state index is 0.0596. The van der Waals surface area contributed by atoms with Crippen LogP contribution >= 0.6 is 22.6 Å². The van der Waals surface area contributed by atoms with Crippen LogP contribution in [-0.4, -0.2) is 47.8 Å². The number of ether oxygens (including phenoxy) is 3. The number of anilines is 1. The number of nitrogens with zero attached hydrogens (tertiary/aromatic N) is 3. The lowest BCUT2D eigenvalue weighted by atomic mass is 9.78. The second-order valence-electron chi connectivity index (χ2n) is 11.5. The summed E-state index contributed by atoms with van der Waals surface area (Å²) in [4.78, 5) is 18.1. The highest BCUT2D eigenvalue weighted by atomic mass is 127. The Labute approximate surface area is 285 Å². The molecular formula is C33H35F3IN3O6S. The number of hydrogen-bond donors (Lipinski definition) is 0. The Kier molecular flexibility index (Phi) is 10.1. The lowest BCUT2D eigenvalue weighted by molar-refractivity contribution is -0.145. The molecule has 1 aliphatic carbocycles. The van der Waals surface area contributed by atoms with Gasteiger partial charge in [-0.25, -0.2) is 13.4 Å². The van der Waals surface area contributed by atoms with E-state index in [0.29, 0.717) is 37.1 Å². The molecule has 0 saturated heterocycles. The normalized spacial score (nSPS) is 20.3. The van der Waals surface area contributed by atoms with Crippen molar-refractivity contribution in [2.45, 2.75) is 47.8 Å². The Morgan fingerprint density at radius 3 is 2.51 bits per heavy atom. The van der Waals surface area contributed by atoms with Gasteiger partial charge in [0.25, 0.3) is 10.0 Å². The van der Waals surface area contributed by atoms with Crippen LogP contribution in [0.15, 0.2) is 71.6 Å². The molecular weight excluding hydrogens is 750 g/mol. The van der Waals surface area contributed by atoms with Crippen molar-refractivity contribution < 1.29 is 40.6 Å². The average molecular weight is 786 g/mol. The molecule has 5 rings (SSSR count). The predicted molar refractivity (Wildman–Crippen MR) is 179 cm³/mol. The molecule has 0 amide bonds. The first-order chi connectivity index (χ1) is 22.1. The van der Waals surface area contributed by atoms with Gasteiger partial charge in [-0.2, -0.15) is 13.2 Å². The summed E-state index contributed by atoms with van der Waals surface area (Å²) < 4.78 is 86.2. The third kappa shape index (κ3) is 7.70. The first kappa shape index (κ1) is 35.0. The van der Waals surface area contributed by atoms with Gasteiger partial charge in [0.15, 0.2) is 0 Å². The highest BCUT2D eigenvalue weighted by molar-refractivity contribution is 14.1. The maximum Gasteiger partial charge on any atom is 0.416 e. The van der Waals surface area contributed by atoms with Crippen molar-refractivity contribution in [3.8, 4) is 11.5 Å². The molecule has 0 aliphatic heterocycles. The van der Waals surface area contributed by atoms with E-state index in [4.69, 9.17) is 14.2 Å². The standard InChI is InChI=1S/C33H35F3IN3O6S/c1-5-45-32(37)16-15-28(22(19-32)20-44-25-11-9-23(10-12-25)33(34,35)36)31(41)46-26-8-6-7-24(17-26)40(4)47(42,43)27-13-14-30-29(18-27)38-21(2)39(30)3/h6-14,17-18,22,28H,5,15-16,19-20H2,1-4H3/t22-,28+,32-/m1/s1. The summed E-state index contributed by atoms with van der Waals surface area (Å²) in [6.07, 6.45) is -2.98. The zero-order valence-corrected chi connectivity index (χ0v) is 29.2. The third-order valence-corrected chi connectivity index (χ3v) is 11.5. The highest BCUT2D eigenvalue weighted by Gasteiger charge is 2.44. The van der Waals surface area contributed by atoms with Gasteiger partial charge in [-0.1, -0.05) is 6.07 Å². The Hall–Kier alpha value is -3.37. The Morgan fingerprint density at radius 2 is 1.83 bits per heavy atom. The van der Waals surface area contributed by atoms with Crippen LogP contribution in [0.1, 0.15) is 37.6 Å². The number of hydrogen-bond acceptors (Lipinski definition) is 7. The minimum Gasteiger partial charge on any atom is -0.493 e. The Morgan fingerprint density at radius 1 is 1.11 bits per heavy atom. The van der Waals surface area contributed by atoms with Gasteiger partial charge in [0.05, 0.1) is 39.7 Å². The Balaban J connectivity index is 1.31. The van der Waals surface area contributed by atoms with Crippen molar-refractivity contribution in [2.75, 3.05) is 24.6 Å².